The van der Waals surface area contributed by atoms with Crippen molar-refractivity contribution in [2.75, 3.05) is 11.9 Å². The average molecular weight is 545 g/mol. The number of nitrogens with one attached hydrogen (secondary N) is 1. The SMILES string of the molecule is CC#CCn1c(N[C@@H](C)c2ccc(C(F)(F)F)cc2)nc2c(c1=O)CN(C(=O)c1ccc(C)cc1)CC2.Cl. The zero-order chi connectivity index (χ0) is 26.7. The quantitative estimate of drug-likeness (QED) is 0.438. The van der Waals surface area contributed by atoms with Gasteiger partial charge >= 0.3 is 6.18 Å². The number of carbonyl (C=O) groups is 1. The number of amides is 1. The molecule has 4 rings (SSSR count). The number of hydrogen-bond acceptors (Lipinski definition) is 4. The molecule has 0 saturated carbocycles. The molecule has 0 aliphatic carbocycles. The van der Waals surface area contributed by atoms with Crippen LogP contribution >= 0.6 is 12.4 Å². The number of aromatic nitrogens is 2. The van der Waals surface area contributed by atoms with E-state index in [1.165, 1.54) is 16.7 Å². The molecule has 38 heavy (non-hydrogen) atoms. The molecule has 0 bridgehead atoms. The van der Waals surface area contributed by atoms with Crippen LogP contribution < -0.4 is 10.9 Å². The number of alkyl halides is 3. The van der Waals surface area contributed by atoms with Crippen molar-refractivity contribution in [3.8, 4) is 11.8 Å². The first-order valence-corrected chi connectivity index (χ1v) is 11.9. The molecule has 1 atom stereocenters. The first-order valence-electron chi connectivity index (χ1n) is 11.9. The third-order valence-corrected chi connectivity index (χ3v) is 6.40. The first kappa shape index (κ1) is 28.8. The molecule has 1 aliphatic rings. The van der Waals surface area contributed by atoms with Gasteiger partial charge in [0.15, 0.2) is 0 Å². The van der Waals surface area contributed by atoms with Crippen molar-refractivity contribution in [2.45, 2.75) is 52.5 Å². The molecule has 0 saturated heterocycles. The number of halogens is 4. The summed E-state index contributed by atoms with van der Waals surface area (Å²) in [5, 5.41) is 3.17. The summed E-state index contributed by atoms with van der Waals surface area (Å²) in [6, 6.07) is 11.7. The zero-order valence-electron chi connectivity index (χ0n) is 21.2. The molecule has 2 heterocycles. The molecule has 1 N–H and O–H groups in total. The average Bonchev–Trinajstić information content (AvgIpc) is 2.88. The van der Waals surface area contributed by atoms with Gasteiger partial charge in [-0.2, -0.15) is 13.2 Å². The molecule has 0 radical (unpaired) electrons. The Hall–Kier alpha value is -3.77. The highest BCUT2D eigenvalue weighted by Crippen LogP contribution is 2.30. The molecular weight excluding hydrogens is 517 g/mol. The normalized spacial score (nSPS) is 13.5. The first-order chi connectivity index (χ1) is 17.6. The monoisotopic (exact) mass is 544 g/mol. The number of rotatable bonds is 5. The summed E-state index contributed by atoms with van der Waals surface area (Å²) in [6.45, 7) is 6.04. The third-order valence-electron chi connectivity index (χ3n) is 6.40. The molecule has 1 aromatic heterocycles. The molecule has 2 aromatic carbocycles. The predicted octanol–water partition coefficient (Wildman–Crippen LogP) is 5.39. The van der Waals surface area contributed by atoms with E-state index in [1.54, 1.807) is 30.9 Å². The van der Waals surface area contributed by atoms with Gasteiger partial charge in [0.25, 0.3) is 11.5 Å². The van der Waals surface area contributed by atoms with Gasteiger partial charge in [-0.05, 0) is 50.6 Å². The highest BCUT2D eigenvalue weighted by molar-refractivity contribution is 5.94. The number of aryl methyl sites for hydroxylation is 1. The minimum Gasteiger partial charge on any atom is -0.349 e. The second-order valence-corrected chi connectivity index (χ2v) is 9.01. The summed E-state index contributed by atoms with van der Waals surface area (Å²) in [6.07, 6.45) is -4.00. The Bertz CT molecular complexity index is 1420. The van der Waals surface area contributed by atoms with E-state index in [2.05, 4.69) is 17.2 Å². The maximum absolute atomic E-state index is 13.5. The Balaban J connectivity index is 0.00000400. The molecule has 200 valence electrons. The van der Waals surface area contributed by atoms with Gasteiger partial charge in [-0.1, -0.05) is 35.7 Å². The Morgan fingerprint density at radius 2 is 1.79 bits per heavy atom. The highest BCUT2D eigenvalue weighted by Gasteiger charge is 2.30. The summed E-state index contributed by atoms with van der Waals surface area (Å²) >= 11 is 0. The lowest BCUT2D eigenvalue weighted by Gasteiger charge is -2.29. The van der Waals surface area contributed by atoms with Gasteiger partial charge in [0.1, 0.15) is 0 Å². The molecule has 6 nitrogen and oxygen atoms in total. The highest BCUT2D eigenvalue weighted by atomic mass is 35.5. The van der Waals surface area contributed by atoms with Gasteiger partial charge in [-0.25, -0.2) is 4.98 Å². The molecule has 0 spiro atoms. The summed E-state index contributed by atoms with van der Waals surface area (Å²) < 4.78 is 40.2. The van der Waals surface area contributed by atoms with Crippen LogP contribution in [-0.2, 0) is 25.7 Å². The van der Waals surface area contributed by atoms with E-state index >= 15 is 0 Å². The van der Waals surface area contributed by atoms with Gasteiger partial charge in [0.05, 0.1) is 36.0 Å². The van der Waals surface area contributed by atoms with Crippen LogP contribution in [0.4, 0.5) is 19.1 Å². The van der Waals surface area contributed by atoms with Crippen molar-refractivity contribution < 1.29 is 18.0 Å². The van der Waals surface area contributed by atoms with Gasteiger partial charge in [0, 0.05) is 18.5 Å². The Kier molecular flexibility index (Phi) is 8.89. The van der Waals surface area contributed by atoms with Crippen LogP contribution in [0.25, 0.3) is 0 Å². The van der Waals surface area contributed by atoms with Crippen LogP contribution in [0.15, 0.2) is 53.3 Å². The fraction of sp³-hybridized carbons (Fsp3) is 0.321. The number of fused-ring (bicyclic) bond motifs is 1. The molecule has 1 amide bonds. The van der Waals surface area contributed by atoms with Crippen molar-refractivity contribution in [3.05, 3.63) is 92.4 Å². The Morgan fingerprint density at radius 1 is 1.13 bits per heavy atom. The largest absolute Gasteiger partial charge is 0.416 e. The van der Waals surface area contributed by atoms with E-state index in [4.69, 9.17) is 4.98 Å². The molecule has 1 aliphatic heterocycles. The fourth-order valence-electron chi connectivity index (χ4n) is 4.22. The molecular formula is C28H28ClF3N4O2. The van der Waals surface area contributed by atoms with E-state index < -0.39 is 17.8 Å². The van der Waals surface area contributed by atoms with Gasteiger partial charge < -0.3 is 10.2 Å². The van der Waals surface area contributed by atoms with Crippen LogP contribution in [0, 0.1) is 18.8 Å². The van der Waals surface area contributed by atoms with Gasteiger partial charge in [-0.3, -0.25) is 14.2 Å². The molecule has 0 unspecified atom stereocenters. The van der Waals surface area contributed by atoms with Crippen LogP contribution in [0.2, 0.25) is 0 Å². The van der Waals surface area contributed by atoms with Crippen molar-refractivity contribution in [2.24, 2.45) is 0 Å². The van der Waals surface area contributed by atoms with Crippen LogP contribution in [-0.4, -0.2) is 26.9 Å². The van der Waals surface area contributed by atoms with E-state index in [-0.39, 0.29) is 42.9 Å². The summed E-state index contributed by atoms with van der Waals surface area (Å²) in [5.74, 6) is 5.79. The summed E-state index contributed by atoms with van der Waals surface area (Å²) in [4.78, 5) is 32.9. The fourth-order valence-corrected chi connectivity index (χ4v) is 4.22. The summed E-state index contributed by atoms with van der Waals surface area (Å²) in [5.41, 5.74) is 2.24. The van der Waals surface area contributed by atoms with Crippen molar-refractivity contribution in [1.82, 2.24) is 14.5 Å². The topological polar surface area (TPSA) is 67.2 Å². The standard InChI is InChI=1S/C28H27F3N4O2.ClH/c1-4-5-15-35-26(37)23-17-34(25(36)21-8-6-18(2)7-9-21)16-14-24(23)33-27(35)32-19(3)20-10-12-22(13-11-20)28(29,30)31;/h6-13,19H,14-17H2,1-3H3,(H,32,33);1H/t19-;/m0./s1. The van der Waals surface area contributed by atoms with E-state index in [9.17, 15) is 22.8 Å². The molecule has 0 fully saturated rings. The number of anilines is 1. The van der Waals surface area contributed by atoms with Crippen molar-refractivity contribution in [1.29, 1.82) is 0 Å². The lowest BCUT2D eigenvalue weighted by atomic mass is 10.0. The van der Waals surface area contributed by atoms with Gasteiger partial charge in [0.2, 0.25) is 5.95 Å². The van der Waals surface area contributed by atoms with Crippen molar-refractivity contribution >= 4 is 24.3 Å². The maximum atomic E-state index is 13.5. The molecule has 10 heteroatoms. The maximum Gasteiger partial charge on any atom is 0.416 e. The number of hydrogen-bond donors (Lipinski definition) is 1. The zero-order valence-corrected chi connectivity index (χ0v) is 22.0. The minimum atomic E-state index is -4.41. The number of benzene rings is 2. The second kappa shape index (κ2) is 11.7. The summed E-state index contributed by atoms with van der Waals surface area (Å²) in [7, 11) is 0. The van der Waals surface area contributed by atoms with Crippen LogP contribution in [0.3, 0.4) is 0 Å². The van der Waals surface area contributed by atoms with Crippen molar-refractivity contribution in [3.63, 3.8) is 0 Å². The number of carbonyl (C=O) groups excluding carboxylic acids is 1. The predicted molar refractivity (Wildman–Crippen MR) is 142 cm³/mol. The lowest BCUT2D eigenvalue weighted by molar-refractivity contribution is -0.137. The minimum absolute atomic E-state index is 0. The Labute approximate surface area is 225 Å². The third kappa shape index (κ3) is 6.20. The van der Waals surface area contributed by atoms with Crippen LogP contribution in [0.5, 0.6) is 0 Å². The number of nitrogens with zero attached hydrogens (tertiary/aromatic N) is 3. The van der Waals surface area contributed by atoms with E-state index in [0.29, 0.717) is 35.3 Å². The van der Waals surface area contributed by atoms with Gasteiger partial charge in [-0.15, -0.1) is 18.3 Å². The van der Waals surface area contributed by atoms with E-state index in [0.717, 1.165) is 17.7 Å². The van der Waals surface area contributed by atoms with Crippen LogP contribution in [0.1, 0.15) is 58.2 Å². The Morgan fingerprint density at radius 3 is 2.39 bits per heavy atom. The lowest BCUT2D eigenvalue weighted by Crippen LogP contribution is -2.41. The second-order valence-electron chi connectivity index (χ2n) is 9.01. The smallest absolute Gasteiger partial charge is 0.349 e. The van der Waals surface area contributed by atoms with E-state index in [1.807, 2.05) is 19.1 Å². The molecule has 3 aromatic rings.